The lowest BCUT2D eigenvalue weighted by Gasteiger charge is -2.41. The summed E-state index contributed by atoms with van der Waals surface area (Å²) in [5.74, 6) is 1.05. The molecule has 92 valence electrons. The first-order valence-corrected chi connectivity index (χ1v) is 6.51. The van der Waals surface area contributed by atoms with Crippen LogP contribution in [0.3, 0.4) is 0 Å². The molecule has 3 N–H and O–H groups in total. The van der Waals surface area contributed by atoms with Crippen LogP contribution < -0.4 is 15.8 Å². The predicted octanol–water partition coefficient (Wildman–Crippen LogP) is 2.16. The van der Waals surface area contributed by atoms with E-state index in [4.69, 9.17) is 10.5 Å². The Bertz CT molecular complexity index is 407. The Morgan fingerprint density at radius 3 is 2.94 bits per heavy atom. The maximum atomic E-state index is 5.86. The van der Waals surface area contributed by atoms with E-state index in [2.05, 4.69) is 23.5 Å². The second kappa shape index (κ2) is 4.22. The fourth-order valence-corrected chi connectivity index (χ4v) is 2.72. The van der Waals surface area contributed by atoms with E-state index in [1.165, 1.54) is 30.5 Å². The first kappa shape index (κ1) is 10.9. The third-order valence-electron chi connectivity index (χ3n) is 4.20. The highest BCUT2D eigenvalue weighted by Gasteiger charge is 2.35. The van der Waals surface area contributed by atoms with Gasteiger partial charge in [-0.2, -0.15) is 0 Å². The summed E-state index contributed by atoms with van der Waals surface area (Å²) in [6.07, 6.45) is 4.90. The van der Waals surface area contributed by atoms with Gasteiger partial charge in [0, 0.05) is 18.7 Å². The van der Waals surface area contributed by atoms with E-state index < -0.39 is 0 Å². The van der Waals surface area contributed by atoms with E-state index in [9.17, 15) is 0 Å². The zero-order valence-electron chi connectivity index (χ0n) is 10.2. The fraction of sp³-hybridized carbons (Fsp3) is 0.571. The molecule has 1 aliphatic heterocycles. The SMILES string of the molecule is NCC1(CNc2ccc3c(c2)CCO3)CCC1. The van der Waals surface area contributed by atoms with Crippen LogP contribution in [0.15, 0.2) is 18.2 Å². The molecule has 1 aliphatic carbocycles. The van der Waals surface area contributed by atoms with Crippen LogP contribution in [0.1, 0.15) is 24.8 Å². The number of rotatable bonds is 4. The fourth-order valence-electron chi connectivity index (χ4n) is 2.72. The van der Waals surface area contributed by atoms with E-state index in [1.54, 1.807) is 0 Å². The van der Waals surface area contributed by atoms with Crippen molar-refractivity contribution in [1.82, 2.24) is 0 Å². The highest BCUT2D eigenvalue weighted by molar-refractivity contribution is 5.52. The van der Waals surface area contributed by atoms with Gasteiger partial charge in [0.1, 0.15) is 5.75 Å². The molecule has 3 nitrogen and oxygen atoms in total. The van der Waals surface area contributed by atoms with Crippen LogP contribution in [0.2, 0.25) is 0 Å². The van der Waals surface area contributed by atoms with Crippen molar-refractivity contribution in [1.29, 1.82) is 0 Å². The predicted molar refractivity (Wildman–Crippen MR) is 69.5 cm³/mol. The van der Waals surface area contributed by atoms with Gasteiger partial charge in [-0.15, -0.1) is 0 Å². The van der Waals surface area contributed by atoms with Crippen molar-refractivity contribution in [3.05, 3.63) is 23.8 Å². The summed E-state index contributed by atoms with van der Waals surface area (Å²) in [4.78, 5) is 0. The summed E-state index contributed by atoms with van der Waals surface area (Å²) >= 11 is 0. The first-order chi connectivity index (χ1) is 8.31. The van der Waals surface area contributed by atoms with Gasteiger partial charge in [0.25, 0.3) is 0 Å². The highest BCUT2D eigenvalue weighted by Crippen LogP contribution is 2.40. The van der Waals surface area contributed by atoms with Crippen LogP contribution in [0.5, 0.6) is 5.75 Å². The van der Waals surface area contributed by atoms with Crippen LogP contribution >= 0.6 is 0 Å². The normalized spacial score (nSPS) is 20.3. The van der Waals surface area contributed by atoms with Gasteiger partial charge in [-0.25, -0.2) is 0 Å². The molecule has 0 aromatic heterocycles. The summed E-state index contributed by atoms with van der Waals surface area (Å²) < 4.78 is 5.50. The summed E-state index contributed by atoms with van der Waals surface area (Å²) in [6, 6.07) is 6.39. The third-order valence-corrected chi connectivity index (χ3v) is 4.20. The van der Waals surface area contributed by atoms with E-state index >= 15 is 0 Å². The Balaban J connectivity index is 1.65. The van der Waals surface area contributed by atoms with E-state index in [1.807, 2.05) is 0 Å². The molecule has 0 saturated heterocycles. The molecule has 1 fully saturated rings. The lowest BCUT2D eigenvalue weighted by atomic mass is 9.69. The molecule has 0 radical (unpaired) electrons. The third kappa shape index (κ3) is 2.00. The minimum absolute atomic E-state index is 0.357. The molecular formula is C14H20N2O. The van der Waals surface area contributed by atoms with Gasteiger partial charge in [0.15, 0.2) is 0 Å². The first-order valence-electron chi connectivity index (χ1n) is 6.51. The topological polar surface area (TPSA) is 47.3 Å². The minimum Gasteiger partial charge on any atom is -0.493 e. The van der Waals surface area contributed by atoms with E-state index in [-0.39, 0.29) is 0 Å². The van der Waals surface area contributed by atoms with Gasteiger partial charge in [0.2, 0.25) is 0 Å². The number of ether oxygens (including phenoxy) is 1. The van der Waals surface area contributed by atoms with Gasteiger partial charge >= 0.3 is 0 Å². The standard InChI is InChI=1S/C14H20N2O/c15-9-14(5-1-6-14)10-16-12-2-3-13-11(8-12)4-7-17-13/h2-3,8,16H,1,4-7,9-10,15H2. The van der Waals surface area contributed by atoms with Crippen LogP contribution in [0.4, 0.5) is 5.69 Å². The van der Waals surface area contributed by atoms with E-state index in [0.29, 0.717) is 5.41 Å². The average molecular weight is 232 g/mol. The van der Waals surface area contributed by atoms with Crippen molar-refractivity contribution in [2.75, 3.05) is 25.0 Å². The van der Waals surface area contributed by atoms with Crippen LogP contribution in [0, 0.1) is 5.41 Å². The van der Waals surface area contributed by atoms with Gasteiger partial charge in [-0.1, -0.05) is 6.42 Å². The zero-order chi connectivity index (χ0) is 11.7. The molecule has 17 heavy (non-hydrogen) atoms. The number of fused-ring (bicyclic) bond motifs is 1. The van der Waals surface area contributed by atoms with Crippen molar-refractivity contribution in [3.8, 4) is 5.75 Å². The lowest BCUT2D eigenvalue weighted by molar-refractivity contribution is 0.163. The number of nitrogens with two attached hydrogens (primary N) is 1. The number of nitrogens with one attached hydrogen (secondary N) is 1. The van der Waals surface area contributed by atoms with Crippen molar-refractivity contribution in [3.63, 3.8) is 0 Å². The zero-order valence-corrected chi connectivity index (χ0v) is 10.2. The van der Waals surface area contributed by atoms with Gasteiger partial charge in [-0.3, -0.25) is 0 Å². The van der Waals surface area contributed by atoms with Crippen LogP contribution in [0.25, 0.3) is 0 Å². The second-order valence-corrected chi connectivity index (χ2v) is 5.33. The molecule has 0 spiro atoms. The smallest absolute Gasteiger partial charge is 0.122 e. The number of hydrogen-bond donors (Lipinski definition) is 2. The molecular weight excluding hydrogens is 212 g/mol. The summed E-state index contributed by atoms with van der Waals surface area (Å²) in [7, 11) is 0. The monoisotopic (exact) mass is 232 g/mol. The van der Waals surface area contributed by atoms with Crippen molar-refractivity contribution >= 4 is 5.69 Å². The summed E-state index contributed by atoms with van der Waals surface area (Å²) in [6.45, 7) is 2.63. The van der Waals surface area contributed by atoms with Crippen molar-refractivity contribution in [2.24, 2.45) is 11.1 Å². The summed E-state index contributed by atoms with van der Waals surface area (Å²) in [5.41, 5.74) is 8.75. The Morgan fingerprint density at radius 1 is 1.35 bits per heavy atom. The highest BCUT2D eigenvalue weighted by atomic mass is 16.5. The van der Waals surface area contributed by atoms with Crippen molar-refractivity contribution < 1.29 is 4.74 Å². The van der Waals surface area contributed by atoms with Gasteiger partial charge in [0.05, 0.1) is 6.61 Å². The van der Waals surface area contributed by atoms with Crippen molar-refractivity contribution in [2.45, 2.75) is 25.7 Å². The Hall–Kier alpha value is -1.22. The average Bonchev–Trinajstić information content (AvgIpc) is 2.75. The van der Waals surface area contributed by atoms with Crippen LogP contribution in [-0.2, 0) is 6.42 Å². The Kier molecular flexibility index (Phi) is 2.71. The molecule has 0 amide bonds. The molecule has 1 heterocycles. The molecule has 0 atom stereocenters. The van der Waals surface area contributed by atoms with E-state index in [0.717, 1.165) is 31.9 Å². The Labute approximate surface area is 102 Å². The maximum absolute atomic E-state index is 5.86. The molecule has 1 aromatic carbocycles. The molecule has 0 unspecified atom stereocenters. The molecule has 1 saturated carbocycles. The number of benzene rings is 1. The van der Waals surface area contributed by atoms with Gasteiger partial charge in [-0.05, 0) is 48.6 Å². The molecule has 3 rings (SSSR count). The molecule has 1 aromatic rings. The summed E-state index contributed by atoms with van der Waals surface area (Å²) in [5, 5.41) is 3.53. The number of anilines is 1. The molecule has 2 aliphatic rings. The maximum Gasteiger partial charge on any atom is 0.122 e. The minimum atomic E-state index is 0.357. The molecule has 0 bridgehead atoms. The Morgan fingerprint density at radius 2 is 2.24 bits per heavy atom. The lowest BCUT2D eigenvalue weighted by Crippen LogP contribution is -2.42. The largest absolute Gasteiger partial charge is 0.493 e. The molecule has 3 heteroatoms. The van der Waals surface area contributed by atoms with Gasteiger partial charge < -0.3 is 15.8 Å². The quantitative estimate of drug-likeness (QED) is 0.836. The number of hydrogen-bond acceptors (Lipinski definition) is 3. The van der Waals surface area contributed by atoms with Crippen LogP contribution in [-0.4, -0.2) is 19.7 Å². The second-order valence-electron chi connectivity index (χ2n) is 5.33.